The van der Waals surface area contributed by atoms with Crippen LogP contribution in [0.4, 0.5) is 14.5 Å². The predicted octanol–water partition coefficient (Wildman–Crippen LogP) is 2.60. The van der Waals surface area contributed by atoms with Gasteiger partial charge in [-0.05, 0) is 50.4 Å². The second-order valence-corrected chi connectivity index (χ2v) is 5.05. The summed E-state index contributed by atoms with van der Waals surface area (Å²) in [6.07, 6.45) is 2.37. The Labute approximate surface area is 111 Å². The zero-order valence-electron chi connectivity index (χ0n) is 10.9. The fourth-order valence-corrected chi connectivity index (χ4v) is 2.30. The number of piperidine rings is 1. The SMILES string of the molecule is Cc1cc(F)c(NC(=O)CC2CCCNC2)cc1F. The molecule has 1 saturated heterocycles. The minimum atomic E-state index is -0.603. The molecular weight excluding hydrogens is 250 g/mol. The molecule has 2 N–H and O–H groups in total. The zero-order valence-corrected chi connectivity index (χ0v) is 10.9. The number of aryl methyl sites for hydroxylation is 1. The Balaban J connectivity index is 1.96. The van der Waals surface area contributed by atoms with E-state index in [2.05, 4.69) is 10.6 Å². The molecule has 1 aromatic carbocycles. The van der Waals surface area contributed by atoms with E-state index in [1.165, 1.54) is 6.92 Å². The van der Waals surface area contributed by atoms with Crippen LogP contribution >= 0.6 is 0 Å². The Kier molecular flexibility index (Phi) is 4.47. The minimum absolute atomic E-state index is 0.0862. The van der Waals surface area contributed by atoms with Gasteiger partial charge in [-0.25, -0.2) is 8.78 Å². The van der Waals surface area contributed by atoms with E-state index in [-0.39, 0.29) is 23.1 Å². The van der Waals surface area contributed by atoms with Crippen LogP contribution in [-0.2, 0) is 4.79 Å². The van der Waals surface area contributed by atoms with Gasteiger partial charge in [0.15, 0.2) is 0 Å². The third kappa shape index (κ3) is 3.73. The molecule has 0 aliphatic carbocycles. The molecule has 0 saturated carbocycles. The van der Waals surface area contributed by atoms with E-state index in [0.29, 0.717) is 6.42 Å². The van der Waals surface area contributed by atoms with Gasteiger partial charge in [-0.2, -0.15) is 0 Å². The molecule has 1 amide bonds. The highest BCUT2D eigenvalue weighted by atomic mass is 19.1. The first-order valence-corrected chi connectivity index (χ1v) is 6.52. The van der Waals surface area contributed by atoms with Crippen LogP contribution in [0.2, 0.25) is 0 Å². The molecule has 0 spiro atoms. The van der Waals surface area contributed by atoms with Gasteiger partial charge in [-0.1, -0.05) is 0 Å². The number of halogens is 2. The molecule has 1 heterocycles. The molecule has 1 unspecified atom stereocenters. The molecule has 1 fully saturated rings. The van der Waals surface area contributed by atoms with Crippen molar-refractivity contribution in [2.24, 2.45) is 5.92 Å². The van der Waals surface area contributed by atoms with Gasteiger partial charge < -0.3 is 10.6 Å². The zero-order chi connectivity index (χ0) is 13.8. The van der Waals surface area contributed by atoms with Crippen LogP contribution in [0.25, 0.3) is 0 Å². The van der Waals surface area contributed by atoms with E-state index in [1.54, 1.807) is 0 Å². The Morgan fingerprint density at radius 3 is 2.89 bits per heavy atom. The predicted molar refractivity (Wildman–Crippen MR) is 69.9 cm³/mol. The number of nitrogens with one attached hydrogen (secondary N) is 2. The molecule has 1 aliphatic heterocycles. The lowest BCUT2D eigenvalue weighted by Crippen LogP contribution is -2.32. The van der Waals surface area contributed by atoms with Crippen LogP contribution < -0.4 is 10.6 Å². The fourth-order valence-electron chi connectivity index (χ4n) is 2.30. The van der Waals surface area contributed by atoms with Crippen molar-refractivity contribution in [2.45, 2.75) is 26.2 Å². The number of rotatable bonds is 3. The molecule has 1 aliphatic rings. The van der Waals surface area contributed by atoms with Crippen LogP contribution in [0.3, 0.4) is 0 Å². The highest BCUT2D eigenvalue weighted by Crippen LogP contribution is 2.20. The molecule has 3 nitrogen and oxygen atoms in total. The number of anilines is 1. The molecule has 0 radical (unpaired) electrons. The third-order valence-electron chi connectivity index (χ3n) is 3.40. The van der Waals surface area contributed by atoms with Crippen LogP contribution in [0.1, 0.15) is 24.8 Å². The van der Waals surface area contributed by atoms with Gasteiger partial charge in [0.05, 0.1) is 5.69 Å². The number of carbonyl (C=O) groups excluding carboxylic acids is 1. The van der Waals surface area contributed by atoms with Crippen molar-refractivity contribution >= 4 is 11.6 Å². The molecule has 0 aromatic heterocycles. The van der Waals surface area contributed by atoms with Crippen molar-refractivity contribution in [1.29, 1.82) is 0 Å². The van der Waals surface area contributed by atoms with Crippen LogP contribution in [0, 0.1) is 24.5 Å². The highest BCUT2D eigenvalue weighted by Gasteiger charge is 2.18. The summed E-state index contributed by atoms with van der Waals surface area (Å²) in [4.78, 5) is 11.8. The molecule has 1 aromatic rings. The van der Waals surface area contributed by atoms with Gasteiger partial charge in [-0.15, -0.1) is 0 Å². The second kappa shape index (κ2) is 6.10. The number of carbonyl (C=O) groups is 1. The third-order valence-corrected chi connectivity index (χ3v) is 3.40. The van der Waals surface area contributed by atoms with E-state index in [4.69, 9.17) is 0 Å². The molecule has 0 bridgehead atoms. The van der Waals surface area contributed by atoms with Crippen LogP contribution in [0.5, 0.6) is 0 Å². The van der Waals surface area contributed by atoms with Crippen molar-refractivity contribution in [3.05, 3.63) is 29.3 Å². The second-order valence-electron chi connectivity index (χ2n) is 5.05. The summed E-state index contributed by atoms with van der Waals surface area (Å²) in [5.74, 6) is -1.12. The first-order valence-electron chi connectivity index (χ1n) is 6.52. The van der Waals surface area contributed by atoms with Gasteiger partial charge in [0.25, 0.3) is 0 Å². The molecule has 104 valence electrons. The van der Waals surface area contributed by atoms with E-state index >= 15 is 0 Å². The van der Waals surface area contributed by atoms with E-state index < -0.39 is 11.6 Å². The van der Waals surface area contributed by atoms with E-state index in [0.717, 1.165) is 38.1 Å². The van der Waals surface area contributed by atoms with E-state index in [1.807, 2.05) is 0 Å². The lowest BCUT2D eigenvalue weighted by Gasteiger charge is -2.22. The summed E-state index contributed by atoms with van der Waals surface area (Å²) >= 11 is 0. The van der Waals surface area contributed by atoms with Gasteiger partial charge in [-0.3, -0.25) is 4.79 Å². The maximum absolute atomic E-state index is 13.6. The van der Waals surface area contributed by atoms with Gasteiger partial charge in [0.2, 0.25) is 5.91 Å². The molecule has 19 heavy (non-hydrogen) atoms. The lowest BCUT2D eigenvalue weighted by molar-refractivity contribution is -0.117. The highest BCUT2D eigenvalue weighted by molar-refractivity contribution is 5.91. The number of benzene rings is 1. The average Bonchev–Trinajstić information content (AvgIpc) is 2.37. The van der Waals surface area contributed by atoms with Gasteiger partial charge >= 0.3 is 0 Å². The quantitative estimate of drug-likeness (QED) is 0.884. The summed E-state index contributed by atoms with van der Waals surface area (Å²) in [5.41, 5.74) is 0.142. The summed E-state index contributed by atoms with van der Waals surface area (Å²) in [6, 6.07) is 2.12. The lowest BCUT2D eigenvalue weighted by atomic mass is 9.96. The molecule has 2 rings (SSSR count). The Morgan fingerprint density at radius 1 is 1.42 bits per heavy atom. The monoisotopic (exact) mass is 268 g/mol. The first kappa shape index (κ1) is 13.9. The molecular formula is C14H18F2N2O. The Hall–Kier alpha value is -1.49. The minimum Gasteiger partial charge on any atom is -0.324 e. The standard InChI is InChI=1S/C14H18F2N2O/c1-9-5-12(16)13(7-11(9)15)18-14(19)6-10-3-2-4-17-8-10/h5,7,10,17H,2-4,6,8H2,1H3,(H,18,19). The van der Waals surface area contributed by atoms with Crippen molar-refractivity contribution in [3.8, 4) is 0 Å². The number of hydrogen-bond acceptors (Lipinski definition) is 2. The maximum atomic E-state index is 13.6. The van der Waals surface area contributed by atoms with E-state index in [9.17, 15) is 13.6 Å². The first-order chi connectivity index (χ1) is 9.06. The van der Waals surface area contributed by atoms with Crippen LogP contribution in [-0.4, -0.2) is 19.0 Å². The summed E-state index contributed by atoms with van der Waals surface area (Å²) in [7, 11) is 0. The Morgan fingerprint density at radius 2 is 2.21 bits per heavy atom. The van der Waals surface area contributed by atoms with Crippen molar-refractivity contribution in [2.75, 3.05) is 18.4 Å². The molecule has 5 heteroatoms. The molecule has 1 atom stereocenters. The average molecular weight is 268 g/mol. The van der Waals surface area contributed by atoms with Crippen LogP contribution in [0.15, 0.2) is 12.1 Å². The number of hydrogen-bond donors (Lipinski definition) is 2. The summed E-state index contributed by atoms with van der Waals surface area (Å²) in [5, 5.41) is 5.66. The summed E-state index contributed by atoms with van der Waals surface area (Å²) < 4.78 is 26.9. The maximum Gasteiger partial charge on any atom is 0.224 e. The summed E-state index contributed by atoms with van der Waals surface area (Å²) in [6.45, 7) is 3.27. The smallest absolute Gasteiger partial charge is 0.224 e. The normalized spacial score (nSPS) is 19.2. The fraction of sp³-hybridized carbons (Fsp3) is 0.500. The topological polar surface area (TPSA) is 41.1 Å². The number of amides is 1. The largest absolute Gasteiger partial charge is 0.324 e. The van der Waals surface area contributed by atoms with Crippen molar-refractivity contribution in [3.63, 3.8) is 0 Å². The Bertz CT molecular complexity index is 471. The van der Waals surface area contributed by atoms with Gasteiger partial charge in [0, 0.05) is 12.5 Å². The van der Waals surface area contributed by atoms with Crippen molar-refractivity contribution in [1.82, 2.24) is 5.32 Å². The van der Waals surface area contributed by atoms with Crippen molar-refractivity contribution < 1.29 is 13.6 Å². The van der Waals surface area contributed by atoms with Gasteiger partial charge in [0.1, 0.15) is 11.6 Å².